The summed E-state index contributed by atoms with van der Waals surface area (Å²) in [6.07, 6.45) is 0.287. The molecule has 1 atom stereocenters. The fourth-order valence-electron chi connectivity index (χ4n) is 1.21. The van der Waals surface area contributed by atoms with E-state index in [0.29, 0.717) is 6.54 Å². The molecule has 0 fully saturated rings. The average Bonchev–Trinajstić information content (AvgIpc) is 2.14. The minimum atomic E-state index is -0.297. The quantitative estimate of drug-likeness (QED) is 0.784. The van der Waals surface area contributed by atoms with Crippen LogP contribution >= 0.6 is 0 Å². The Balaban J connectivity index is 2.40. The van der Waals surface area contributed by atoms with Crippen molar-refractivity contribution in [2.24, 2.45) is 5.73 Å². The molecule has 1 rings (SSSR count). The van der Waals surface area contributed by atoms with E-state index in [-0.39, 0.29) is 24.2 Å². The molecule has 0 aliphatic rings. The Kier molecular flexibility index (Phi) is 4.24. The van der Waals surface area contributed by atoms with Crippen molar-refractivity contribution < 1.29 is 9.18 Å². The van der Waals surface area contributed by atoms with E-state index < -0.39 is 0 Å². The third kappa shape index (κ3) is 4.56. The predicted molar refractivity (Wildman–Crippen MR) is 56.5 cm³/mol. The topological polar surface area (TPSA) is 55.1 Å². The monoisotopic (exact) mass is 210 g/mol. The number of rotatable bonds is 4. The summed E-state index contributed by atoms with van der Waals surface area (Å²) < 4.78 is 12.8. The first-order valence-electron chi connectivity index (χ1n) is 4.84. The largest absolute Gasteiger partial charge is 0.352 e. The van der Waals surface area contributed by atoms with Gasteiger partial charge in [-0.3, -0.25) is 4.79 Å². The Morgan fingerprint density at radius 1 is 1.60 bits per heavy atom. The van der Waals surface area contributed by atoms with Crippen LogP contribution in [-0.2, 0) is 11.3 Å². The number of halogens is 1. The lowest BCUT2D eigenvalue weighted by Gasteiger charge is -2.07. The summed E-state index contributed by atoms with van der Waals surface area (Å²) in [4.78, 5) is 11.2. The molecule has 0 saturated carbocycles. The van der Waals surface area contributed by atoms with E-state index in [9.17, 15) is 9.18 Å². The second-order valence-corrected chi connectivity index (χ2v) is 3.59. The fraction of sp³-hybridized carbons (Fsp3) is 0.364. The van der Waals surface area contributed by atoms with Crippen LogP contribution < -0.4 is 11.1 Å². The van der Waals surface area contributed by atoms with Crippen molar-refractivity contribution in [2.45, 2.75) is 25.9 Å². The Labute approximate surface area is 88.5 Å². The number of benzene rings is 1. The van der Waals surface area contributed by atoms with Gasteiger partial charge in [-0.15, -0.1) is 0 Å². The molecule has 82 valence electrons. The van der Waals surface area contributed by atoms with Crippen LogP contribution in [0.3, 0.4) is 0 Å². The van der Waals surface area contributed by atoms with Gasteiger partial charge in [-0.1, -0.05) is 12.1 Å². The number of carbonyl (C=O) groups excluding carboxylic acids is 1. The second kappa shape index (κ2) is 5.46. The van der Waals surface area contributed by atoms with E-state index in [0.717, 1.165) is 5.56 Å². The van der Waals surface area contributed by atoms with Crippen LogP contribution in [0.4, 0.5) is 4.39 Å². The van der Waals surface area contributed by atoms with Crippen molar-refractivity contribution in [3.8, 4) is 0 Å². The van der Waals surface area contributed by atoms with E-state index in [1.165, 1.54) is 12.1 Å². The highest BCUT2D eigenvalue weighted by Crippen LogP contribution is 2.02. The van der Waals surface area contributed by atoms with Crippen molar-refractivity contribution in [1.82, 2.24) is 5.32 Å². The number of amides is 1. The summed E-state index contributed by atoms with van der Waals surface area (Å²) in [7, 11) is 0. The van der Waals surface area contributed by atoms with Gasteiger partial charge in [0.1, 0.15) is 5.82 Å². The summed E-state index contributed by atoms with van der Waals surface area (Å²) in [6.45, 7) is 2.10. The maximum atomic E-state index is 12.8. The van der Waals surface area contributed by atoms with E-state index in [1.807, 2.05) is 0 Å². The molecular weight excluding hydrogens is 195 g/mol. The van der Waals surface area contributed by atoms with Gasteiger partial charge in [0.25, 0.3) is 0 Å². The first-order valence-corrected chi connectivity index (χ1v) is 4.84. The van der Waals surface area contributed by atoms with Crippen molar-refractivity contribution in [3.05, 3.63) is 35.6 Å². The molecule has 0 bridgehead atoms. The van der Waals surface area contributed by atoms with E-state index in [1.54, 1.807) is 19.1 Å². The molecule has 0 aliphatic carbocycles. The molecule has 0 spiro atoms. The molecular formula is C11H15FN2O. The summed E-state index contributed by atoms with van der Waals surface area (Å²) in [6, 6.07) is 5.98. The molecule has 0 saturated heterocycles. The molecule has 1 aromatic carbocycles. The van der Waals surface area contributed by atoms with Gasteiger partial charge in [-0.2, -0.15) is 0 Å². The standard InChI is InChI=1S/C11H15FN2O/c1-8(13)5-11(15)14-7-9-3-2-4-10(12)6-9/h2-4,6,8H,5,7,13H2,1H3,(H,14,15). The van der Waals surface area contributed by atoms with Crippen molar-refractivity contribution in [2.75, 3.05) is 0 Å². The van der Waals surface area contributed by atoms with Gasteiger partial charge in [0.2, 0.25) is 5.91 Å². The molecule has 3 nitrogen and oxygen atoms in total. The summed E-state index contributed by atoms with van der Waals surface area (Å²) in [5.74, 6) is -0.414. The first kappa shape index (κ1) is 11.7. The van der Waals surface area contributed by atoms with Gasteiger partial charge in [-0.25, -0.2) is 4.39 Å². The van der Waals surface area contributed by atoms with Gasteiger partial charge in [0.15, 0.2) is 0 Å². The molecule has 0 aliphatic heterocycles. The van der Waals surface area contributed by atoms with Crippen molar-refractivity contribution in [1.29, 1.82) is 0 Å². The van der Waals surface area contributed by atoms with Crippen LogP contribution in [0.15, 0.2) is 24.3 Å². The minimum absolute atomic E-state index is 0.116. The summed E-state index contributed by atoms with van der Waals surface area (Å²) in [5, 5.41) is 2.67. The van der Waals surface area contributed by atoms with Gasteiger partial charge in [0.05, 0.1) is 0 Å². The number of nitrogens with one attached hydrogen (secondary N) is 1. The van der Waals surface area contributed by atoms with Crippen molar-refractivity contribution in [3.63, 3.8) is 0 Å². The third-order valence-electron chi connectivity index (χ3n) is 1.89. The third-order valence-corrected chi connectivity index (χ3v) is 1.89. The maximum absolute atomic E-state index is 12.8. The summed E-state index contributed by atoms with van der Waals surface area (Å²) in [5.41, 5.74) is 6.21. The SMILES string of the molecule is CC(N)CC(=O)NCc1cccc(F)c1. The van der Waals surface area contributed by atoms with Crippen LogP contribution in [0, 0.1) is 5.82 Å². The molecule has 0 radical (unpaired) electrons. The predicted octanol–water partition coefficient (Wildman–Crippen LogP) is 1.18. The number of carbonyl (C=O) groups is 1. The van der Waals surface area contributed by atoms with Crippen LogP contribution in [0.1, 0.15) is 18.9 Å². The maximum Gasteiger partial charge on any atom is 0.221 e. The lowest BCUT2D eigenvalue weighted by molar-refractivity contribution is -0.121. The fourth-order valence-corrected chi connectivity index (χ4v) is 1.21. The first-order chi connectivity index (χ1) is 7.08. The van der Waals surface area contributed by atoms with Gasteiger partial charge in [0, 0.05) is 19.0 Å². The molecule has 1 aromatic rings. The minimum Gasteiger partial charge on any atom is -0.352 e. The van der Waals surface area contributed by atoms with Gasteiger partial charge < -0.3 is 11.1 Å². The Hall–Kier alpha value is -1.42. The van der Waals surface area contributed by atoms with E-state index in [2.05, 4.69) is 5.32 Å². The molecule has 0 heterocycles. The molecule has 1 unspecified atom stereocenters. The number of nitrogens with two attached hydrogens (primary N) is 1. The van der Waals surface area contributed by atoms with Crippen LogP contribution in [-0.4, -0.2) is 11.9 Å². The highest BCUT2D eigenvalue weighted by molar-refractivity contribution is 5.76. The Morgan fingerprint density at radius 3 is 2.93 bits per heavy atom. The average molecular weight is 210 g/mol. The van der Waals surface area contributed by atoms with Crippen LogP contribution in [0.5, 0.6) is 0 Å². The number of hydrogen-bond donors (Lipinski definition) is 2. The normalized spacial score (nSPS) is 12.2. The number of hydrogen-bond acceptors (Lipinski definition) is 2. The van der Waals surface area contributed by atoms with E-state index in [4.69, 9.17) is 5.73 Å². The lowest BCUT2D eigenvalue weighted by Crippen LogP contribution is -2.29. The molecule has 0 aromatic heterocycles. The zero-order valence-electron chi connectivity index (χ0n) is 8.66. The molecule has 15 heavy (non-hydrogen) atoms. The second-order valence-electron chi connectivity index (χ2n) is 3.59. The van der Waals surface area contributed by atoms with Crippen molar-refractivity contribution >= 4 is 5.91 Å². The zero-order valence-corrected chi connectivity index (χ0v) is 8.66. The highest BCUT2D eigenvalue weighted by Gasteiger charge is 2.04. The van der Waals surface area contributed by atoms with Crippen LogP contribution in [0.25, 0.3) is 0 Å². The Bertz CT molecular complexity index is 339. The molecule has 3 N–H and O–H groups in total. The molecule has 1 amide bonds. The Morgan fingerprint density at radius 2 is 2.33 bits per heavy atom. The van der Waals surface area contributed by atoms with Crippen LogP contribution in [0.2, 0.25) is 0 Å². The lowest BCUT2D eigenvalue weighted by atomic mass is 10.2. The van der Waals surface area contributed by atoms with Gasteiger partial charge in [-0.05, 0) is 24.6 Å². The zero-order chi connectivity index (χ0) is 11.3. The van der Waals surface area contributed by atoms with Gasteiger partial charge >= 0.3 is 0 Å². The molecule has 4 heteroatoms. The summed E-state index contributed by atoms with van der Waals surface area (Å²) >= 11 is 0. The highest BCUT2D eigenvalue weighted by atomic mass is 19.1. The van der Waals surface area contributed by atoms with E-state index >= 15 is 0 Å². The smallest absolute Gasteiger partial charge is 0.221 e.